The van der Waals surface area contributed by atoms with Gasteiger partial charge in [-0.1, -0.05) is 13.3 Å². The van der Waals surface area contributed by atoms with Crippen LogP contribution < -0.4 is 5.73 Å². The minimum absolute atomic E-state index is 0.544. The topological polar surface area (TPSA) is 64.7 Å². The molecule has 0 unspecified atom stereocenters. The Morgan fingerprint density at radius 2 is 2.18 bits per heavy atom. The molecule has 2 rings (SSSR count). The first-order valence-electron chi connectivity index (χ1n) is 5.44. The van der Waals surface area contributed by atoms with Gasteiger partial charge in [-0.2, -0.15) is 0 Å². The van der Waals surface area contributed by atoms with Crippen LogP contribution in [0.15, 0.2) is 24.5 Å². The lowest BCUT2D eigenvalue weighted by molar-refractivity contribution is 0.869. The van der Waals surface area contributed by atoms with Crippen LogP contribution in [-0.4, -0.2) is 15.0 Å². The van der Waals surface area contributed by atoms with E-state index in [1.165, 1.54) is 0 Å². The zero-order valence-electron chi connectivity index (χ0n) is 9.52. The number of hydrogen-bond acceptors (Lipinski definition) is 4. The van der Waals surface area contributed by atoms with Gasteiger partial charge in [0.15, 0.2) is 5.82 Å². The third kappa shape index (κ3) is 2.71. The van der Waals surface area contributed by atoms with Crippen molar-refractivity contribution in [3.05, 3.63) is 33.8 Å². The molecule has 2 heterocycles. The van der Waals surface area contributed by atoms with Gasteiger partial charge in [0.05, 0.1) is 9.26 Å². The molecule has 4 nitrogen and oxygen atoms in total. The van der Waals surface area contributed by atoms with Gasteiger partial charge in [-0.3, -0.25) is 4.98 Å². The van der Waals surface area contributed by atoms with E-state index < -0.39 is 0 Å². The maximum absolute atomic E-state index is 5.91. The highest BCUT2D eigenvalue weighted by atomic mass is 127. The average molecular weight is 340 g/mol. The number of rotatable bonds is 3. The lowest BCUT2D eigenvalue weighted by Crippen LogP contribution is -2.05. The molecule has 0 saturated carbocycles. The number of aromatic nitrogens is 3. The summed E-state index contributed by atoms with van der Waals surface area (Å²) in [6.07, 6.45) is 5.43. The third-order valence-corrected chi connectivity index (χ3v) is 3.53. The monoisotopic (exact) mass is 340 g/mol. The van der Waals surface area contributed by atoms with Crippen LogP contribution in [0.3, 0.4) is 0 Å². The highest BCUT2D eigenvalue weighted by molar-refractivity contribution is 14.1. The van der Waals surface area contributed by atoms with Gasteiger partial charge in [-0.05, 0) is 41.1 Å². The molecule has 0 spiro atoms. The fourth-order valence-corrected chi connectivity index (χ4v) is 2.05. The van der Waals surface area contributed by atoms with Crippen LogP contribution in [0.1, 0.15) is 19.0 Å². The van der Waals surface area contributed by atoms with Gasteiger partial charge in [0.1, 0.15) is 5.82 Å². The van der Waals surface area contributed by atoms with Gasteiger partial charge in [0.2, 0.25) is 0 Å². The number of hydrogen-bond donors (Lipinski definition) is 1. The second-order valence-corrected chi connectivity index (χ2v) is 4.76. The molecular weight excluding hydrogens is 327 g/mol. The summed E-state index contributed by atoms with van der Waals surface area (Å²) in [5.41, 5.74) is 7.82. The lowest BCUT2D eigenvalue weighted by Gasteiger charge is -2.07. The summed E-state index contributed by atoms with van der Waals surface area (Å²) in [7, 11) is 0. The number of nitrogen functional groups attached to an aromatic ring is 1. The molecule has 2 N–H and O–H groups in total. The van der Waals surface area contributed by atoms with Gasteiger partial charge >= 0.3 is 0 Å². The molecule has 0 bridgehead atoms. The molecule has 0 atom stereocenters. The van der Waals surface area contributed by atoms with Crippen molar-refractivity contribution in [1.29, 1.82) is 0 Å². The fourth-order valence-electron chi connectivity index (χ4n) is 1.54. The zero-order chi connectivity index (χ0) is 12.3. The molecule has 0 amide bonds. The summed E-state index contributed by atoms with van der Waals surface area (Å²) in [4.78, 5) is 12.9. The second-order valence-electron chi connectivity index (χ2n) is 3.68. The van der Waals surface area contributed by atoms with E-state index in [0.717, 1.165) is 27.7 Å². The summed E-state index contributed by atoms with van der Waals surface area (Å²) in [5, 5.41) is 0. The van der Waals surface area contributed by atoms with Gasteiger partial charge in [0, 0.05) is 18.0 Å². The largest absolute Gasteiger partial charge is 0.383 e. The van der Waals surface area contributed by atoms with Crippen LogP contribution in [0.25, 0.3) is 11.4 Å². The Kier molecular flexibility index (Phi) is 3.88. The Hall–Kier alpha value is -1.24. The average Bonchev–Trinajstić information content (AvgIpc) is 2.36. The van der Waals surface area contributed by atoms with E-state index in [0.29, 0.717) is 11.6 Å². The van der Waals surface area contributed by atoms with Crippen molar-refractivity contribution in [3.8, 4) is 11.4 Å². The summed E-state index contributed by atoms with van der Waals surface area (Å²) < 4.78 is 0.956. The van der Waals surface area contributed by atoms with E-state index >= 15 is 0 Å². The highest BCUT2D eigenvalue weighted by Gasteiger charge is 2.10. The van der Waals surface area contributed by atoms with E-state index in [1.54, 1.807) is 12.4 Å². The van der Waals surface area contributed by atoms with E-state index in [4.69, 9.17) is 5.73 Å². The summed E-state index contributed by atoms with van der Waals surface area (Å²) in [6.45, 7) is 2.12. The number of nitrogens with zero attached hydrogens (tertiary/aromatic N) is 3. The summed E-state index contributed by atoms with van der Waals surface area (Å²) in [6, 6.07) is 3.80. The second kappa shape index (κ2) is 5.39. The SMILES string of the molecule is CCCc1nc(-c2cccnc2)nc(N)c1I. The molecule has 0 aromatic carbocycles. The van der Waals surface area contributed by atoms with E-state index in [-0.39, 0.29) is 0 Å². The quantitative estimate of drug-likeness (QED) is 0.873. The predicted molar refractivity (Wildman–Crippen MR) is 76.4 cm³/mol. The maximum atomic E-state index is 5.91. The first-order valence-corrected chi connectivity index (χ1v) is 6.52. The smallest absolute Gasteiger partial charge is 0.163 e. The first kappa shape index (κ1) is 12.2. The molecule has 17 heavy (non-hydrogen) atoms. The Morgan fingerprint density at radius 1 is 1.35 bits per heavy atom. The Bertz CT molecular complexity index is 513. The van der Waals surface area contributed by atoms with Crippen molar-refractivity contribution in [1.82, 2.24) is 15.0 Å². The fraction of sp³-hybridized carbons (Fsp3) is 0.250. The minimum atomic E-state index is 0.544. The molecule has 2 aromatic rings. The van der Waals surface area contributed by atoms with Crippen LogP contribution >= 0.6 is 22.6 Å². The van der Waals surface area contributed by atoms with Gasteiger partial charge in [-0.25, -0.2) is 9.97 Å². The normalized spacial score (nSPS) is 10.5. The van der Waals surface area contributed by atoms with E-state index in [2.05, 4.69) is 44.5 Å². The molecule has 2 aromatic heterocycles. The van der Waals surface area contributed by atoms with Crippen molar-refractivity contribution in [2.75, 3.05) is 5.73 Å². The third-order valence-electron chi connectivity index (χ3n) is 2.35. The molecule has 0 aliphatic carbocycles. The Morgan fingerprint density at radius 3 is 2.82 bits per heavy atom. The number of halogens is 1. The molecule has 5 heteroatoms. The predicted octanol–water partition coefficient (Wildman–Crippen LogP) is 2.68. The van der Waals surface area contributed by atoms with Gasteiger partial charge in [0.25, 0.3) is 0 Å². The van der Waals surface area contributed by atoms with Crippen molar-refractivity contribution >= 4 is 28.4 Å². The molecule has 0 aliphatic heterocycles. The molecule has 0 saturated heterocycles. The molecule has 0 radical (unpaired) electrons. The van der Waals surface area contributed by atoms with Crippen LogP contribution in [0.2, 0.25) is 0 Å². The van der Waals surface area contributed by atoms with Gasteiger partial charge < -0.3 is 5.73 Å². The van der Waals surface area contributed by atoms with E-state index in [9.17, 15) is 0 Å². The number of anilines is 1. The van der Waals surface area contributed by atoms with Crippen molar-refractivity contribution in [2.45, 2.75) is 19.8 Å². The number of nitrogens with two attached hydrogens (primary N) is 1. The van der Waals surface area contributed by atoms with Crippen molar-refractivity contribution < 1.29 is 0 Å². The van der Waals surface area contributed by atoms with Crippen LogP contribution in [0.4, 0.5) is 5.82 Å². The molecular formula is C12H13IN4. The summed E-state index contributed by atoms with van der Waals surface area (Å²) in [5.74, 6) is 1.20. The number of aryl methyl sites for hydroxylation is 1. The van der Waals surface area contributed by atoms with Gasteiger partial charge in [-0.15, -0.1) is 0 Å². The number of pyridine rings is 1. The molecule has 0 fully saturated rings. The maximum Gasteiger partial charge on any atom is 0.163 e. The van der Waals surface area contributed by atoms with Crippen molar-refractivity contribution in [3.63, 3.8) is 0 Å². The standard InChI is InChI=1S/C12H13IN4/c1-2-4-9-10(13)11(14)17-12(16-9)8-5-3-6-15-7-8/h3,5-7H,2,4H2,1H3,(H2,14,16,17). The van der Waals surface area contributed by atoms with E-state index in [1.807, 2.05) is 12.1 Å². The molecule has 88 valence electrons. The van der Waals surface area contributed by atoms with Crippen LogP contribution in [-0.2, 0) is 6.42 Å². The Balaban J connectivity index is 2.49. The minimum Gasteiger partial charge on any atom is -0.383 e. The lowest BCUT2D eigenvalue weighted by atomic mass is 10.2. The van der Waals surface area contributed by atoms with Crippen LogP contribution in [0.5, 0.6) is 0 Å². The Labute approximate surface area is 114 Å². The highest BCUT2D eigenvalue weighted by Crippen LogP contribution is 2.22. The zero-order valence-corrected chi connectivity index (χ0v) is 11.7. The van der Waals surface area contributed by atoms with Crippen molar-refractivity contribution in [2.24, 2.45) is 0 Å². The van der Waals surface area contributed by atoms with Crippen LogP contribution in [0, 0.1) is 3.57 Å². The first-order chi connectivity index (χ1) is 8.22. The summed E-state index contributed by atoms with van der Waals surface area (Å²) >= 11 is 2.20. The molecule has 0 aliphatic rings.